The van der Waals surface area contributed by atoms with Crippen molar-refractivity contribution < 1.29 is 4.79 Å². The second-order valence-corrected chi connectivity index (χ2v) is 4.28. The first-order valence-corrected chi connectivity index (χ1v) is 6.29. The second kappa shape index (κ2) is 6.43. The molecule has 102 valence electrons. The predicted octanol–water partition coefficient (Wildman–Crippen LogP) is 1.34. The van der Waals surface area contributed by atoms with Gasteiger partial charge in [0.05, 0.1) is 17.7 Å². The van der Waals surface area contributed by atoms with E-state index in [1.807, 2.05) is 13.0 Å². The Bertz CT molecular complexity index is 616. The SMILES string of the molecule is CCCC(NC(=O)c1cccc(C#N)c1)c1nn[nH]n1. The molecule has 1 aromatic heterocycles. The molecular weight excluding hydrogens is 256 g/mol. The fourth-order valence-corrected chi connectivity index (χ4v) is 1.84. The molecule has 2 N–H and O–H groups in total. The van der Waals surface area contributed by atoms with Crippen molar-refractivity contribution in [3.63, 3.8) is 0 Å². The van der Waals surface area contributed by atoms with Crippen molar-refractivity contribution in [3.8, 4) is 6.07 Å². The minimum Gasteiger partial charge on any atom is -0.342 e. The number of carbonyl (C=O) groups is 1. The number of hydrogen-bond donors (Lipinski definition) is 2. The van der Waals surface area contributed by atoms with Crippen LogP contribution in [0, 0.1) is 11.3 Å². The molecule has 2 aromatic rings. The van der Waals surface area contributed by atoms with Crippen molar-refractivity contribution in [1.29, 1.82) is 5.26 Å². The summed E-state index contributed by atoms with van der Waals surface area (Å²) in [5.74, 6) is 0.196. The van der Waals surface area contributed by atoms with E-state index in [4.69, 9.17) is 5.26 Å². The molecule has 0 bridgehead atoms. The van der Waals surface area contributed by atoms with Crippen LogP contribution in [0.25, 0.3) is 0 Å². The number of nitrogens with one attached hydrogen (secondary N) is 2. The van der Waals surface area contributed by atoms with E-state index in [-0.39, 0.29) is 11.9 Å². The van der Waals surface area contributed by atoms with Gasteiger partial charge in [-0.25, -0.2) is 0 Å². The van der Waals surface area contributed by atoms with Crippen LogP contribution in [0.15, 0.2) is 24.3 Å². The number of nitriles is 1. The van der Waals surface area contributed by atoms with Crippen molar-refractivity contribution in [2.24, 2.45) is 0 Å². The zero-order valence-corrected chi connectivity index (χ0v) is 11.0. The first-order chi connectivity index (χ1) is 9.74. The molecule has 7 nitrogen and oxygen atoms in total. The molecule has 1 aromatic carbocycles. The lowest BCUT2D eigenvalue weighted by atomic mass is 10.1. The van der Waals surface area contributed by atoms with Gasteiger partial charge in [0.1, 0.15) is 0 Å². The molecule has 0 fully saturated rings. The lowest BCUT2D eigenvalue weighted by Crippen LogP contribution is -2.29. The van der Waals surface area contributed by atoms with E-state index in [1.54, 1.807) is 24.3 Å². The molecule has 1 heterocycles. The van der Waals surface area contributed by atoms with Crippen LogP contribution in [0.5, 0.6) is 0 Å². The Morgan fingerprint density at radius 1 is 1.55 bits per heavy atom. The molecule has 0 spiro atoms. The van der Waals surface area contributed by atoms with Crippen LogP contribution in [0.4, 0.5) is 0 Å². The Morgan fingerprint density at radius 3 is 3.05 bits per heavy atom. The van der Waals surface area contributed by atoms with E-state index < -0.39 is 0 Å². The van der Waals surface area contributed by atoms with Crippen LogP contribution in [0.2, 0.25) is 0 Å². The smallest absolute Gasteiger partial charge is 0.251 e. The van der Waals surface area contributed by atoms with E-state index in [0.29, 0.717) is 23.4 Å². The molecule has 0 saturated carbocycles. The van der Waals surface area contributed by atoms with Crippen LogP contribution < -0.4 is 5.32 Å². The van der Waals surface area contributed by atoms with Crippen molar-refractivity contribution in [3.05, 3.63) is 41.2 Å². The van der Waals surface area contributed by atoms with Gasteiger partial charge in [-0.2, -0.15) is 10.5 Å². The zero-order valence-electron chi connectivity index (χ0n) is 11.0. The Labute approximate surface area is 116 Å². The van der Waals surface area contributed by atoms with Gasteiger partial charge in [-0.15, -0.1) is 10.2 Å². The highest BCUT2D eigenvalue weighted by molar-refractivity contribution is 5.94. The number of aromatic nitrogens is 4. The highest BCUT2D eigenvalue weighted by Crippen LogP contribution is 2.14. The van der Waals surface area contributed by atoms with Crippen LogP contribution in [-0.4, -0.2) is 26.5 Å². The van der Waals surface area contributed by atoms with Gasteiger partial charge >= 0.3 is 0 Å². The number of rotatable bonds is 5. The molecule has 0 aliphatic carbocycles. The number of carbonyl (C=O) groups excluding carboxylic acids is 1. The average molecular weight is 270 g/mol. The van der Waals surface area contributed by atoms with Crippen molar-refractivity contribution in [2.75, 3.05) is 0 Å². The molecule has 0 aliphatic rings. The predicted molar refractivity (Wildman–Crippen MR) is 70.4 cm³/mol. The molecule has 0 radical (unpaired) electrons. The quantitative estimate of drug-likeness (QED) is 0.852. The average Bonchev–Trinajstić information content (AvgIpc) is 3.01. The normalized spacial score (nSPS) is 11.6. The fourth-order valence-electron chi connectivity index (χ4n) is 1.84. The monoisotopic (exact) mass is 270 g/mol. The third kappa shape index (κ3) is 3.17. The lowest BCUT2D eigenvalue weighted by Gasteiger charge is -2.14. The first-order valence-electron chi connectivity index (χ1n) is 6.29. The van der Waals surface area contributed by atoms with E-state index in [0.717, 1.165) is 6.42 Å². The molecule has 1 unspecified atom stereocenters. The molecule has 20 heavy (non-hydrogen) atoms. The maximum absolute atomic E-state index is 12.2. The summed E-state index contributed by atoms with van der Waals surface area (Å²) < 4.78 is 0. The Morgan fingerprint density at radius 2 is 2.40 bits per heavy atom. The zero-order chi connectivity index (χ0) is 14.4. The third-order valence-electron chi connectivity index (χ3n) is 2.81. The molecule has 1 atom stereocenters. The number of hydrogen-bond acceptors (Lipinski definition) is 5. The summed E-state index contributed by atoms with van der Waals surface area (Å²) >= 11 is 0. The van der Waals surface area contributed by atoms with Gasteiger partial charge in [0.15, 0.2) is 5.82 Å². The molecule has 0 aliphatic heterocycles. The Balaban J connectivity index is 2.14. The van der Waals surface area contributed by atoms with Gasteiger partial charge in [0.25, 0.3) is 5.91 Å². The molecule has 2 rings (SSSR count). The number of benzene rings is 1. The number of amides is 1. The van der Waals surface area contributed by atoms with Gasteiger partial charge in [0.2, 0.25) is 0 Å². The van der Waals surface area contributed by atoms with Crippen LogP contribution >= 0.6 is 0 Å². The summed E-state index contributed by atoms with van der Waals surface area (Å²) in [6, 6.07) is 8.26. The molecule has 1 amide bonds. The van der Waals surface area contributed by atoms with Gasteiger partial charge < -0.3 is 5.32 Å². The summed E-state index contributed by atoms with van der Waals surface area (Å²) in [6.45, 7) is 2.01. The largest absolute Gasteiger partial charge is 0.342 e. The molecule has 7 heteroatoms. The number of aromatic amines is 1. The maximum Gasteiger partial charge on any atom is 0.251 e. The topological polar surface area (TPSA) is 107 Å². The highest BCUT2D eigenvalue weighted by Gasteiger charge is 2.18. The summed E-state index contributed by atoms with van der Waals surface area (Å²) in [6.07, 6.45) is 1.58. The highest BCUT2D eigenvalue weighted by atomic mass is 16.1. The minimum atomic E-state index is -0.294. The van der Waals surface area contributed by atoms with Crippen molar-refractivity contribution in [2.45, 2.75) is 25.8 Å². The summed E-state index contributed by atoms with van der Waals surface area (Å²) in [7, 11) is 0. The summed E-state index contributed by atoms with van der Waals surface area (Å²) in [5.41, 5.74) is 0.887. The lowest BCUT2D eigenvalue weighted by molar-refractivity contribution is 0.0932. The second-order valence-electron chi connectivity index (χ2n) is 4.28. The summed E-state index contributed by atoms with van der Waals surface area (Å²) in [4.78, 5) is 12.2. The van der Waals surface area contributed by atoms with E-state index in [9.17, 15) is 4.79 Å². The maximum atomic E-state index is 12.2. The first kappa shape index (κ1) is 13.7. The molecule has 0 saturated heterocycles. The van der Waals surface area contributed by atoms with Crippen molar-refractivity contribution in [1.82, 2.24) is 25.9 Å². The van der Waals surface area contributed by atoms with E-state index >= 15 is 0 Å². The number of H-pyrrole nitrogens is 1. The Kier molecular flexibility index (Phi) is 4.39. The number of tetrazole rings is 1. The fraction of sp³-hybridized carbons (Fsp3) is 0.308. The van der Waals surface area contributed by atoms with Crippen molar-refractivity contribution >= 4 is 5.91 Å². The van der Waals surface area contributed by atoms with Crippen LogP contribution in [-0.2, 0) is 0 Å². The minimum absolute atomic E-state index is 0.259. The van der Waals surface area contributed by atoms with Gasteiger partial charge in [-0.1, -0.05) is 24.6 Å². The van der Waals surface area contributed by atoms with Crippen LogP contribution in [0.3, 0.4) is 0 Å². The molecular formula is C13H14N6O. The van der Waals surface area contributed by atoms with E-state index in [1.165, 1.54) is 0 Å². The van der Waals surface area contributed by atoms with Crippen LogP contribution in [0.1, 0.15) is 47.6 Å². The standard InChI is InChI=1S/C13H14N6O/c1-2-4-11(12-16-18-19-17-12)15-13(20)10-6-3-5-9(7-10)8-14/h3,5-7,11H,2,4H2,1H3,(H,15,20)(H,16,17,18,19). The van der Waals surface area contributed by atoms with Gasteiger partial charge in [-0.05, 0) is 24.6 Å². The number of nitrogens with zero attached hydrogens (tertiary/aromatic N) is 4. The Hall–Kier alpha value is -2.75. The third-order valence-corrected chi connectivity index (χ3v) is 2.81. The van der Waals surface area contributed by atoms with E-state index in [2.05, 4.69) is 25.9 Å². The summed E-state index contributed by atoms with van der Waals surface area (Å²) in [5, 5.41) is 25.4. The van der Waals surface area contributed by atoms with Gasteiger partial charge in [0, 0.05) is 5.56 Å². The van der Waals surface area contributed by atoms with Gasteiger partial charge in [-0.3, -0.25) is 4.79 Å².